The van der Waals surface area contributed by atoms with Crippen LogP contribution in [0.1, 0.15) is 19.8 Å². The third-order valence-electron chi connectivity index (χ3n) is 2.95. The van der Waals surface area contributed by atoms with Crippen LogP contribution in [0.4, 0.5) is 0 Å². The molecule has 0 rings (SSSR count). The maximum atomic E-state index is 6.56. The SMILES string of the molecule is CCCC[Si](C)(O[Si](C)(C)OC)O[Si](C)(C)O[Si](C)(C)C. The van der Waals surface area contributed by atoms with Crippen molar-refractivity contribution in [1.82, 2.24) is 0 Å². The zero-order chi connectivity index (χ0) is 16.9. The molecule has 0 aliphatic heterocycles. The van der Waals surface area contributed by atoms with Gasteiger partial charge >= 0.3 is 25.7 Å². The van der Waals surface area contributed by atoms with Gasteiger partial charge in [0, 0.05) is 7.11 Å². The van der Waals surface area contributed by atoms with Crippen LogP contribution in [0.15, 0.2) is 0 Å². The van der Waals surface area contributed by atoms with E-state index in [1.165, 1.54) is 0 Å². The lowest BCUT2D eigenvalue weighted by Crippen LogP contribution is -2.57. The molecule has 4 nitrogen and oxygen atoms in total. The van der Waals surface area contributed by atoms with Crippen LogP contribution in [0, 0.1) is 0 Å². The van der Waals surface area contributed by atoms with Crippen LogP contribution in [0.2, 0.25) is 58.4 Å². The molecule has 0 bridgehead atoms. The molecule has 0 fully saturated rings. The van der Waals surface area contributed by atoms with Gasteiger partial charge in [-0.2, -0.15) is 0 Å². The van der Waals surface area contributed by atoms with E-state index in [4.69, 9.17) is 16.8 Å². The van der Waals surface area contributed by atoms with Crippen LogP contribution in [-0.4, -0.2) is 41.1 Å². The van der Waals surface area contributed by atoms with Crippen LogP contribution in [0.25, 0.3) is 0 Å². The van der Waals surface area contributed by atoms with E-state index in [0.29, 0.717) is 0 Å². The van der Waals surface area contributed by atoms with Gasteiger partial charge in [-0.1, -0.05) is 19.8 Å². The molecule has 0 N–H and O–H groups in total. The van der Waals surface area contributed by atoms with E-state index in [1.807, 2.05) is 0 Å². The van der Waals surface area contributed by atoms with Gasteiger partial charge in [-0.15, -0.1) is 0 Å². The smallest absolute Gasteiger partial charge is 0.322 e. The Bertz CT molecular complexity index is 318. The Morgan fingerprint density at radius 3 is 1.57 bits per heavy atom. The van der Waals surface area contributed by atoms with Crippen LogP contribution >= 0.6 is 0 Å². The lowest BCUT2D eigenvalue weighted by atomic mass is 10.4. The topological polar surface area (TPSA) is 36.9 Å². The molecule has 0 amide bonds. The summed E-state index contributed by atoms with van der Waals surface area (Å²) in [6.07, 6.45) is 2.29. The van der Waals surface area contributed by atoms with E-state index in [2.05, 4.69) is 59.3 Å². The molecule has 0 radical (unpaired) electrons. The third kappa shape index (κ3) is 10.2. The van der Waals surface area contributed by atoms with Gasteiger partial charge in [0.25, 0.3) is 0 Å². The summed E-state index contributed by atoms with van der Waals surface area (Å²) in [4.78, 5) is 0. The molecule has 21 heavy (non-hydrogen) atoms. The molecule has 0 aliphatic rings. The molecule has 1 atom stereocenters. The van der Waals surface area contributed by atoms with Crippen LogP contribution in [0.5, 0.6) is 0 Å². The molecular weight excluding hydrogens is 332 g/mol. The van der Waals surface area contributed by atoms with Gasteiger partial charge in [-0.05, 0) is 58.4 Å². The van der Waals surface area contributed by atoms with Crippen molar-refractivity contribution >= 4 is 34.0 Å². The van der Waals surface area contributed by atoms with Crippen molar-refractivity contribution < 1.29 is 16.8 Å². The molecule has 1 unspecified atom stereocenters. The largest absolute Gasteiger partial charge is 0.437 e. The van der Waals surface area contributed by atoms with E-state index in [9.17, 15) is 0 Å². The average Bonchev–Trinajstić information content (AvgIpc) is 2.21. The minimum absolute atomic E-state index is 1.01. The van der Waals surface area contributed by atoms with Crippen molar-refractivity contribution in [3.05, 3.63) is 0 Å². The third-order valence-corrected chi connectivity index (χ3v) is 17.0. The van der Waals surface area contributed by atoms with Crippen molar-refractivity contribution in [2.24, 2.45) is 0 Å². The Balaban J connectivity index is 5.05. The van der Waals surface area contributed by atoms with E-state index < -0.39 is 34.0 Å². The Morgan fingerprint density at radius 1 is 0.714 bits per heavy atom. The highest BCUT2D eigenvalue weighted by Gasteiger charge is 2.45. The maximum absolute atomic E-state index is 6.56. The minimum Gasteiger partial charge on any atom is -0.437 e. The van der Waals surface area contributed by atoms with Crippen molar-refractivity contribution in [3.8, 4) is 0 Å². The van der Waals surface area contributed by atoms with Gasteiger partial charge in [0.05, 0.1) is 0 Å². The molecule has 0 saturated carbocycles. The molecular formula is C13H36O4Si4. The van der Waals surface area contributed by atoms with Gasteiger partial charge < -0.3 is 16.8 Å². The summed E-state index contributed by atoms with van der Waals surface area (Å²) in [6.45, 7) is 19.5. The van der Waals surface area contributed by atoms with E-state index >= 15 is 0 Å². The van der Waals surface area contributed by atoms with Crippen LogP contribution < -0.4 is 0 Å². The molecule has 0 aliphatic carbocycles. The number of hydrogen-bond donors (Lipinski definition) is 0. The van der Waals surface area contributed by atoms with Crippen LogP contribution in [0.3, 0.4) is 0 Å². The van der Waals surface area contributed by atoms with Crippen molar-refractivity contribution in [2.45, 2.75) is 78.2 Å². The highest BCUT2D eigenvalue weighted by molar-refractivity contribution is 6.88. The van der Waals surface area contributed by atoms with Gasteiger partial charge in [0.15, 0.2) is 8.32 Å². The number of rotatable bonds is 10. The first kappa shape index (κ1) is 21.7. The van der Waals surface area contributed by atoms with Gasteiger partial charge in [0.2, 0.25) is 0 Å². The zero-order valence-electron chi connectivity index (χ0n) is 15.8. The first-order valence-electron chi connectivity index (χ1n) is 7.90. The fourth-order valence-electron chi connectivity index (χ4n) is 2.46. The standard InChI is InChI=1S/C13H36O4Si4/c1-11-12-13-21(10,16-19(6,7)14-2)17-20(8,9)15-18(3,4)5/h11-13H2,1-10H3. The van der Waals surface area contributed by atoms with E-state index in [1.54, 1.807) is 7.11 Å². The van der Waals surface area contributed by atoms with Crippen LogP contribution in [-0.2, 0) is 16.8 Å². The summed E-state index contributed by atoms with van der Waals surface area (Å²) in [5.41, 5.74) is 0. The molecule has 0 aromatic rings. The second kappa shape index (κ2) is 8.00. The molecule has 0 aromatic carbocycles. The molecule has 128 valence electrons. The lowest BCUT2D eigenvalue weighted by Gasteiger charge is -2.41. The van der Waals surface area contributed by atoms with Gasteiger partial charge in [0.1, 0.15) is 0 Å². The van der Waals surface area contributed by atoms with Crippen molar-refractivity contribution in [3.63, 3.8) is 0 Å². The number of unbranched alkanes of at least 4 members (excludes halogenated alkanes) is 1. The second-order valence-corrected chi connectivity index (χ2v) is 23.1. The first-order valence-corrected chi connectivity index (χ1v) is 19.5. The number of hydrogen-bond acceptors (Lipinski definition) is 4. The molecule has 0 spiro atoms. The highest BCUT2D eigenvalue weighted by atomic mass is 28.5. The van der Waals surface area contributed by atoms with Gasteiger partial charge in [-0.3, -0.25) is 0 Å². The summed E-state index contributed by atoms with van der Waals surface area (Å²) >= 11 is 0. The maximum Gasteiger partial charge on any atom is 0.322 e. The molecule has 8 heteroatoms. The monoisotopic (exact) mass is 368 g/mol. The summed E-state index contributed by atoms with van der Waals surface area (Å²) in [5, 5.41) is 0. The fraction of sp³-hybridized carbons (Fsp3) is 1.00. The molecule has 0 aromatic heterocycles. The Morgan fingerprint density at radius 2 is 1.19 bits per heavy atom. The normalized spacial score (nSPS) is 16.9. The van der Waals surface area contributed by atoms with Crippen molar-refractivity contribution in [1.29, 1.82) is 0 Å². The van der Waals surface area contributed by atoms with E-state index in [0.717, 1.165) is 18.9 Å². The summed E-state index contributed by atoms with van der Waals surface area (Å²) in [5.74, 6) is 0. The predicted octanol–water partition coefficient (Wildman–Crippen LogP) is 4.79. The predicted molar refractivity (Wildman–Crippen MR) is 99.9 cm³/mol. The molecule has 0 saturated heterocycles. The average molecular weight is 369 g/mol. The summed E-state index contributed by atoms with van der Waals surface area (Å²) in [6, 6.07) is 1.01. The Hall–Kier alpha value is 0.708. The first-order chi connectivity index (χ1) is 9.24. The second-order valence-electron chi connectivity index (χ2n) is 7.66. The Labute approximate surface area is 136 Å². The summed E-state index contributed by atoms with van der Waals surface area (Å²) in [7, 11) is -6.41. The fourth-order valence-corrected chi connectivity index (χ4v) is 19.9. The zero-order valence-corrected chi connectivity index (χ0v) is 19.8. The minimum atomic E-state index is -2.27. The lowest BCUT2D eigenvalue weighted by molar-refractivity contribution is 0.260. The molecule has 0 heterocycles. The van der Waals surface area contributed by atoms with Gasteiger partial charge in [-0.25, -0.2) is 0 Å². The quantitative estimate of drug-likeness (QED) is 0.519. The summed E-state index contributed by atoms with van der Waals surface area (Å²) < 4.78 is 24.9. The highest BCUT2D eigenvalue weighted by Crippen LogP contribution is 2.28. The van der Waals surface area contributed by atoms with Crippen molar-refractivity contribution in [2.75, 3.05) is 7.11 Å². The van der Waals surface area contributed by atoms with E-state index in [-0.39, 0.29) is 0 Å². The Kier molecular flexibility index (Phi) is 8.27.